The molecule has 0 aliphatic carbocycles. The Bertz CT molecular complexity index is 464. The van der Waals surface area contributed by atoms with E-state index in [0.29, 0.717) is 19.8 Å². The Morgan fingerprint density at radius 3 is 2.59 bits per heavy atom. The fourth-order valence-corrected chi connectivity index (χ4v) is 2.70. The van der Waals surface area contributed by atoms with Crippen molar-refractivity contribution < 1.29 is 19.1 Å². The molecular formula is C16H22LiNO4. The number of benzene rings is 1. The van der Waals surface area contributed by atoms with E-state index in [1.807, 2.05) is 30.3 Å². The van der Waals surface area contributed by atoms with Gasteiger partial charge < -0.3 is 14.3 Å². The van der Waals surface area contributed by atoms with Crippen LogP contribution in [0.1, 0.15) is 19.3 Å². The van der Waals surface area contributed by atoms with Crippen molar-refractivity contribution >= 4 is 24.8 Å². The van der Waals surface area contributed by atoms with E-state index < -0.39 is 0 Å². The molecule has 0 radical (unpaired) electrons. The van der Waals surface area contributed by atoms with Crippen molar-refractivity contribution in [3.05, 3.63) is 30.3 Å². The summed E-state index contributed by atoms with van der Waals surface area (Å²) in [5.74, 6) is 0.714. The number of nitrogens with zero attached hydrogens (tertiary/aromatic N) is 1. The molecule has 116 valence electrons. The summed E-state index contributed by atoms with van der Waals surface area (Å²) in [4.78, 5) is 17.5. The predicted molar refractivity (Wildman–Crippen MR) is 83.8 cm³/mol. The molecule has 0 bridgehead atoms. The monoisotopic (exact) mass is 299 g/mol. The number of para-hydroxylation sites is 1. The molecule has 5 nitrogen and oxygen atoms in total. The maximum absolute atomic E-state index is 12.1. The Labute approximate surface area is 143 Å². The van der Waals surface area contributed by atoms with Crippen molar-refractivity contribution in [3.8, 4) is 5.75 Å². The van der Waals surface area contributed by atoms with Gasteiger partial charge in [0.15, 0.2) is 0 Å². The zero-order valence-electron chi connectivity index (χ0n) is 12.1. The summed E-state index contributed by atoms with van der Waals surface area (Å²) in [5.41, 5.74) is 0. The molecule has 0 amide bonds. The summed E-state index contributed by atoms with van der Waals surface area (Å²) in [6, 6.07) is 9.75. The minimum absolute atomic E-state index is 0. The van der Waals surface area contributed by atoms with E-state index in [2.05, 4.69) is 0 Å². The van der Waals surface area contributed by atoms with Gasteiger partial charge in [-0.15, -0.1) is 5.06 Å². The minimum atomic E-state index is -0.126. The number of hydroxylamine groups is 2. The van der Waals surface area contributed by atoms with Crippen LogP contribution in [0.15, 0.2) is 30.3 Å². The van der Waals surface area contributed by atoms with Crippen molar-refractivity contribution in [3.63, 3.8) is 0 Å². The molecule has 1 atom stereocenters. The molecule has 3 rings (SSSR count). The van der Waals surface area contributed by atoms with E-state index in [1.165, 1.54) is 0 Å². The van der Waals surface area contributed by atoms with Gasteiger partial charge >= 0.3 is 24.8 Å². The Hall–Kier alpha value is -0.993. The molecule has 2 aliphatic heterocycles. The third kappa shape index (κ3) is 4.75. The van der Waals surface area contributed by atoms with Gasteiger partial charge in [-0.1, -0.05) is 18.2 Å². The average Bonchev–Trinajstić information content (AvgIpc) is 2.96. The Kier molecular flexibility index (Phi) is 6.78. The number of ether oxygens (including phenoxy) is 2. The Morgan fingerprint density at radius 1 is 1.14 bits per heavy atom. The van der Waals surface area contributed by atoms with Gasteiger partial charge in [-0.3, -0.25) is 4.79 Å². The number of hydrogen-bond acceptors (Lipinski definition) is 5. The summed E-state index contributed by atoms with van der Waals surface area (Å²) in [7, 11) is 0. The molecule has 0 aromatic heterocycles. The molecule has 1 aromatic carbocycles. The van der Waals surface area contributed by atoms with E-state index in [0.717, 1.165) is 31.6 Å². The Morgan fingerprint density at radius 2 is 1.86 bits per heavy atom. The number of carbonyl (C=O) groups excluding carboxylic acids is 1. The van der Waals surface area contributed by atoms with Gasteiger partial charge in [-0.2, -0.15) is 0 Å². The van der Waals surface area contributed by atoms with Gasteiger partial charge in [-0.05, 0) is 25.0 Å². The van der Waals surface area contributed by atoms with Crippen molar-refractivity contribution in [2.24, 2.45) is 5.92 Å². The third-order valence-electron chi connectivity index (χ3n) is 3.93. The molecule has 2 aliphatic rings. The quantitative estimate of drug-likeness (QED) is 0.786. The van der Waals surface area contributed by atoms with Crippen LogP contribution in [0.5, 0.6) is 5.75 Å². The molecule has 0 N–H and O–H groups in total. The fraction of sp³-hybridized carbons (Fsp3) is 0.562. The molecule has 0 unspecified atom stereocenters. The van der Waals surface area contributed by atoms with Gasteiger partial charge in [0.1, 0.15) is 11.9 Å². The van der Waals surface area contributed by atoms with Crippen molar-refractivity contribution in [1.82, 2.24) is 5.06 Å². The standard InChI is InChI=1S/C16H21NO4.Li.H/c18-16(13-7-10-19-11-8-13)21-17-9-6-15(12-17)20-14-4-2-1-3-5-14;;/h1-5,13,15H,6-12H2;;/t15-;;/m1../s1. The molecular weight excluding hydrogens is 277 g/mol. The van der Waals surface area contributed by atoms with Gasteiger partial charge in [0.05, 0.1) is 12.5 Å². The zero-order valence-corrected chi connectivity index (χ0v) is 12.1. The SMILES string of the molecule is O=C(ON1CC[C@@H](Oc2ccccc2)C1)C1CCOCC1.[LiH]. The molecule has 0 saturated carbocycles. The molecule has 6 heteroatoms. The first kappa shape index (κ1) is 17.4. The first-order chi connectivity index (χ1) is 10.3. The van der Waals surface area contributed by atoms with E-state index in [4.69, 9.17) is 14.3 Å². The van der Waals surface area contributed by atoms with E-state index in [9.17, 15) is 4.79 Å². The second kappa shape index (κ2) is 8.59. The van der Waals surface area contributed by atoms with Crippen LogP contribution in [-0.2, 0) is 14.4 Å². The van der Waals surface area contributed by atoms with Crippen LogP contribution < -0.4 is 4.74 Å². The average molecular weight is 299 g/mol. The van der Waals surface area contributed by atoms with Crippen LogP contribution >= 0.6 is 0 Å². The number of rotatable bonds is 4. The van der Waals surface area contributed by atoms with Gasteiger partial charge in [0.2, 0.25) is 0 Å². The first-order valence-corrected chi connectivity index (χ1v) is 7.57. The fourth-order valence-electron chi connectivity index (χ4n) is 2.70. The van der Waals surface area contributed by atoms with Crippen LogP contribution in [-0.4, -0.2) is 62.3 Å². The molecule has 2 heterocycles. The van der Waals surface area contributed by atoms with Crippen LogP contribution in [0.4, 0.5) is 0 Å². The second-order valence-electron chi connectivity index (χ2n) is 5.53. The zero-order chi connectivity index (χ0) is 14.5. The molecule has 0 spiro atoms. The van der Waals surface area contributed by atoms with Crippen LogP contribution in [0, 0.1) is 5.92 Å². The predicted octanol–water partition coefficient (Wildman–Crippen LogP) is 1.38. The van der Waals surface area contributed by atoms with Crippen LogP contribution in [0.25, 0.3) is 0 Å². The maximum atomic E-state index is 12.1. The van der Waals surface area contributed by atoms with E-state index in [1.54, 1.807) is 5.06 Å². The van der Waals surface area contributed by atoms with Gasteiger partial charge in [0, 0.05) is 26.2 Å². The van der Waals surface area contributed by atoms with Crippen molar-refractivity contribution in [2.75, 3.05) is 26.3 Å². The van der Waals surface area contributed by atoms with Gasteiger partial charge in [0.25, 0.3) is 0 Å². The van der Waals surface area contributed by atoms with Gasteiger partial charge in [-0.25, -0.2) is 0 Å². The second-order valence-corrected chi connectivity index (χ2v) is 5.53. The molecule has 22 heavy (non-hydrogen) atoms. The molecule has 2 fully saturated rings. The van der Waals surface area contributed by atoms with E-state index >= 15 is 0 Å². The van der Waals surface area contributed by atoms with Crippen LogP contribution in [0.2, 0.25) is 0 Å². The normalized spacial score (nSPS) is 22.8. The number of carbonyl (C=O) groups is 1. The van der Waals surface area contributed by atoms with E-state index in [-0.39, 0.29) is 36.9 Å². The third-order valence-corrected chi connectivity index (χ3v) is 3.93. The van der Waals surface area contributed by atoms with Crippen molar-refractivity contribution in [2.45, 2.75) is 25.4 Å². The first-order valence-electron chi connectivity index (χ1n) is 7.57. The summed E-state index contributed by atoms with van der Waals surface area (Å²) in [5, 5.41) is 1.73. The summed E-state index contributed by atoms with van der Waals surface area (Å²) < 4.78 is 11.1. The molecule has 2 saturated heterocycles. The van der Waals surface area contributed by atoms with Crippen molar-refractivity contribution in [1.29, 1.82) is 0 Å². The Balaban J connectivity index is 0.00000176. The topological polar surface area (TPSA) is 48.0 Å². The number of hydrogen-bond donors (Lipinski definition) is 0. The summed E-state index contributed by atoms with van der Waals surface area (Å²) in [6.45, 7) is 2.66. The van der Waals surface area contributed by atoms with Crippen LogP contribution in [0.3, 0.4) is 0 Å². The molecule has 1 aromatic rings. The summed E-state index contributed by atoms with van der Waals surface area (Å²) >= 11 is 0. The summed E-state index contributed by atoms with van der Waals surface area (Å²) in [6.07, 6.45) is 2.47.